The Morgan fingerprint density at radius 1 is 1.08 bits per heavy atom. The van der Waals surface area contributed by atoms with Crippen molar-refractivity contribution in [3.8, 4) is 17.1 Å². The van der Waals surface area contributed by atoms with Crippen molar-refractivity contribution >= 4 is 33.5 Å². The number of rotatable bonds is 5. The van der Waals surface area contributed by atoms with Crippen molar-refractivity contribution < 1.29 is 4.79 Å². The van der Waals surface area contributed by atoms with Crippen molar-refractivity contribution in [2.24, 2.45) is 5.41 Å². The molecule has 0 amide bonds. The molecule has 0 spiro atoms. The zero-order chi connectivity index (χ0) is 18.7. The van der Waals surface area contributed by atoms with Crippen LogP contribution >= 0.6 is 27.7 Å². The lowest BCUT2D eigenvalue weighted by Crippen LogP contribution is -2.22. The molecule has 2 aromatic carbocycles. The standard InChI is InChI=1S/C20H20BrN3OS/c1-20(2,3)17(25)13-26-19-23-22-18(14-8-7-9-15(21)12-14)24(19)16-10-5-4-6-11-16/h4-12H,13H2,1-3H3. The van der Waals surface area contributed by atoms with Crippen LogP contribution in [-0.2, 0) is 4.79 Å². The highest BCUT2D eigenvalue weighted by atomic mass is 79.9. The Balaban J connectivity index is 2.02. The molecule has 6 heteroatoms. The number of Topliss-reactive ketones (excluding diaryl/α,β-unsaturated/α-hetero) is 1. The van der Waals surface area contributed by atoms with Crippen molar-refractivity contribution in [3.63, 3.8) is 0 Å². The number of nitrogens with zero attached hydrogens (tertiary/aromatic N) is 3. The van der Waals surface area contributed by atoms with Crippen LogP contribution in [0.2, 0.25) is 0 Å². The number of carbonyl (C=O) groups excluding carboxylic acids is 1. The van der Waals surface area contributed by atoms with Gasteiger partial charge in [0.2, 0.25) is 0 Å². The molecule has 1 aromatic heterocycles. The maximum atomic E-state index is 12.3. The van der Waals surface area contributed by atoms with Gasteiger partial charge in [0.1, 0.15) is 5.78 Å². The molecule has 0 bridgehead atoms. The van der Waals surface area contributed by atoms with E-state index in [1.807, 2.05) is 79.9 Å². The molecular formula is C20H20BrN3OS. The number of hydrogen-bond acceptors (Lipinski definition) is 4. The summed E-state index contributed by atoms with van der Waals surface area (Å²) in [5.41, 5.74) is 1.57. The van der Waals surface area contributed by atoms with E-state index in [9.17, 15) is 4.79 Å². The van der Waals surface area contributed by atoms with E-state index in [0.717, 1.165) is 21.5 Å². The van der Waals surface area contributed by atoms with Gasteiger partial charge in [-0.05, 0) is 24.3 Å². The van der Waals surface area contributed by atoms with Crippen LogP contribution in [0.3, 0.4) is 0 Å². The van der Waals surface area contributed by atoms with E-state index in [4.69, 9.17) is 0 Å². The van der Waals surface area contributed by atoms with Gasteiger partial charge in [-0.3, -0.25) is 9.36 Å². The fourth-order valence-electron chi connectivity index (χ4n) is 2.33. The van der Waals surface area contributed by atoms with E-state index in [-0.39, 0.29) is 11.2 Å². The molecule has 0 aliphatic carbocycles. The number of thioether (sulfide) groups is 1. The molecule has 1 heterocycles. The second kappa shape index (κ2) is 7.76. The summed E-state index contributed by atoms with van der Waals surface area (Å²) in [5, 5.41) is 9.48. The zero-order valence-corrected chi connectivity index (χ0v) is 17.3. The normalized spacial score (nSPS) is 11.5. The molecule has 0 saturated carbocycles. The van der Waals surface area contributed by atoms with E-state index in [0.29, 0.717) is 10.9 Å². The minimum atomic E-state index is -0.363. The van der Waals surface area contributed by atoms with E-state index in [1.165, 1.54) is 11.8 Å². The van der Waals surface area contributed by atoms with E-state index >= 15 is 0 Å². The maximum Gasteiger partial charge on any atom is 0.196 e. The molecule has 134 valence electrons. The third-order valence-corrected chi connectivity index (χ3v) is 5.32. The molecule has 0 aliphatic rings. The van der Waals surface area contributed by atoms with Crippen LogP contribution in [0.4, 0.5) is 0 Å². The molecule has 26 heavy (non-hydrogen) atoms. The topological polar surface area (TPSA) is 47.8 Å². The Morgan fingerprint density at radius 3 is 2.46 bits per heavy atom. The van der Waals surface area contributed by atoms with Crippen LogP contribution in [0.25, 0.3) is 17.1 Å². The van der Waals surface area contributed by atoms with Gasteiger partial charge in [0.25, 0.3) is 0 Å². The van der Waals surface area contributed by atoms with Crippen molar-refractivity contribution in [2.45, 2.75) is 25.9 Å². The number of para-hydroxylation sites is 1. The van der Waals surface area contributed by atoms with Crippen LogP contribution in [0, 0.1) is 5.41 Å². The lowest BCUT2D eigenvalue weighted by molar-refractivity contribution is -0.123. The minimum Gasteiger partial charge on any atom is -0.298 e. The van der Waals surface area contributed by atoms with Crippen LogP contribution in [-0.4, -0.2) is 26.3 Å². The second-order valence-electron chi connectivity index (χ2n) is 6.95. The first-order chi connectivity index (χ1) is 12.4. The van der Waals surface area contributed by atoms with Gasteiger partial charge in [0.05, 0.1) is 5.75 Å². The first-order valence-electron chi connectivity index (χ1n) is 8.29. The second-order valence-corrected chi connectivity index (χ2v) is 8.81. The summed E-state index contributed by atoms with van der Waals surface area (Å²) in [6.07, 6.45) is 0. The first kappa shape index (κ1) is 18.9. The summed E-state index contributed by atoms with van der Waals surface area (Å²) >= 11 is 4.94. The molecule has 3 rings (SSSR count). The van der Waals surface area contributed by atoms with Crippen LogP contribution < -0.4 is 0 Å². The van der Waals surface area contributed by atoms with Gasteiger partial charge in [-0.15, -0.1) is 10.2 Å². The number of carbonyl (C=O) groups is 1. The molecule has 0 atom stereocenters. The summed E-state index contributed by atoms with van der Waals surface area (Å²) in [7, 11) is 0. The summed E-state index contributed by atoms with van der Waals surface area (Å²) in [6, 6.07) is 17.9. The molecule has 0 N–H and O–H groups in total. The fourth-order valence-corrected chi connectivity index (χ4v) is 3.85. The van der Waals surface area contributed by atoms with Crippen LogP contribution in [0.15, 0.2) is 64.2 Å². The Bertz CT molecular complexity index is 916. The van der Waals surface area contributed by atoms with Crippen molar-refractivity contribution in [1.29, 1.82) is 0 Å². The zero-order valence-electron chi connectivity index (χ0n) is 14.9. The predicted molar refractivity (Wildman–Crippen MR) is 110 cm³/mol. The average Bonchev–Trinajstić information content (AvgIpc) is 3.03. The van der Waals surface area contributed by atoms with E-state index < -0.39 is 0 Å². The Labute approximate surface area is 166 Å². The van der Waals surface area contributed by atoms with Gasteiger partial charge in [-0.1, -0.05) is 78.8 Å². The molecule has 0 fully saturated rings. The summed E-state index contributed by atoms with van der Waals surface area (Å²) in [6.45, 7) is 5.81. The Hall–Kier alpha value is -1.92. The lowest BCUT2D eigenvalue weighted by atomic mass is 9.92. The molecule has 0 unspecified atom stereocenters. The monoisotopic (exact) mass is 429 g/mol. The quantitative estimate of drug-likeness (QED) is 0.509. The third-order valence-electron chi connectivity index (χ3n) is 3.90. The molecule has 0 saturated heterocycles. The summed E-state index contributed by atoms with van der Waals surface area (Å²) < 4.78 is 2.98. The molecule has 4 nitrogen and oxygen atoms in total. The SMILES string of the molecule is CC(C)(C)C(=O)CSc1nnc(-c2cccc(Br)c2)n1-c1ccccc1. The lowest BCUT2D eigenvalue weighted by Gasteiger charge is -2.16. The summed E-state index contributed by atoms with van der Waals surface area (Å²) in [5.74, 6) is 1.31. The third kappa shape index (κ3) is 4.24. The van der Waals surface area contributed by atoms with Crippen molar-refractivity contribution in [1.82, 2.24) is 14.8 Å². The predicted octanol–water partition coefficient (Wildman–Crippen LogP) is 5.40. The van der Waals surface area contributed by atoms with Gasteiger partial charge in [-0.25, -0.2) is 0 Å². The molecular weight excluding hydrogens is 410 g/mol. The largest absolute Gasteiger partial charge is 0.298 e. The van der Waals surface area contributed by atoms with E-state index in [1.54, 1.807) is 0 Å². The van der Waals surface area contributed by atoms with Gasteiger partial charge < -0.3 is 0 Å². The number of hydrogen-bond donors (Lipinski definition) is 0. The molecule has 0 radical (unpaired) electrons. The highest BCUT2D eigenvalue weighted by molar-refractivity contribution is 9.10. The average molecular weight is 430 g/mol. The van der Waals surface area contributed by atoms with Crippen molar-refractivity contribution in [2.75, 3.05) is 5.75 Å². The number of aromatic nitrogens is 3. The maximum absolute atomic E-state index is 12.3. The number of benzene rings is 2. The highest BCUT2D eigenvalue weighted by Crippen LogP contribution is 2.30. The molecule has 3 aromatic rings. The van der Waals surface area contributed by atoms with Crippen LogP contribution in [0.5, 0.6) is 0 Å². The Morgan fingerprint density at radius 2 is 1.81 bits per heavy atom. The van der Waals surface area contributed by atoms with E-state index in [2.05, 4.69) is 26.1 Å². The van der Waals surface area contributed by atoms with Crippen LogP contribution in [0.1, 0.15) is 20.8 Å². The van der Waals surface area contributed by atoms with Gasteiger partial charge in [0.15, 0.2) is 11.0 Å². The smallest absolute Gasteiger partial charge is 0.196 e. The number of halogens is 1. The van der Waals surface area contributed by atoms with Crippen molar-refractivity contribution in [3.05, 3.63) is 59.1 Å². The number of ketones is 1. The van der Waals surface area contributed by atoms with Gasteiger partial charge in [-0.2, -0.15) is 0 Å². The Kier molecular flexibility index (Phi) is 5.63. The summed E-state index contributed by atoms with van der Waals surface area (Å²) in [4.78, 5) is 12.3. The fraction of sp³-hybridized carbons (Fsp3) is 0.250. The van der Waals surface area contributed by atoms with Gasteiger partial charge >= 0.3 is 0 Å². The first-order valence-corrected chi connectivity index (χ1v) is 10.1. The molecule has 0 aliphatic heterocycles. The minimum absolute atomic E-state index is 0.189. The highest BCUT2D eigenvalue weighted by Gasteiger charge is 2.23. The van der Waals surface area contributed by atoms with Gasteiger partial charge in [0, 0.05) is 21.1 Å².